The van der Waals surface area contributed by atoms with Gasteiger partial charge in [-0.3, -0.25) is 0 Å². The highest BCUT2D eigenvalue weighted by atomic mass is 16.7. The predicted molar refractivity (Wildman–Crippen MR) is 109 cm³/mol. The molecule has 6 N–H and O–H groups in total. The van der Waals surface area contributed by atoms with Gasteiger partial charge in [-0.15, -0.1) is 0 Å². The molecule has 6 atom stereocenters. The molecule has 0 bridgehead atoms. The average Bonchev–Trinajstić information content (AvgIpc) is 2.78. The maximum absolute atomic E-state index is 10.5. The van der Waals surface area contributed by atoms with Crippen LogP contribution in [0.25, 0.3) is 0 Å². The SMILES string of the molecule is COc1c(O)cc([C@@H]2CCc3ccc(O)cc3O2)cc1O[C@H]1O[C@@H](CO)[C@H](O)[C@H](O)[C@@H]1O. The van der Waals surface area contributed by atoms with Crippen molar-refractivity contribution in [3.05, 3.63) is 41.5 Å². The van der Waals surface area contributed by atoms with Gasteiger partial charge in [-0.05, 0) is 42.2 Å². The number of phenolic OH excluding ortho intramolecular Hbond substituents is 2. The summed E-state index contributed by atoms with van der Waals surface area (Å²) in [7, 11) is 1.32. The van der Waals surface area contributed by atoms with E-state index in [4.69, 9.17) is 18.9 Å². The van der Waals surface area contributed by atoms with E-state index in [9.17, 15) is 30.6 Å². The summed E-state index contributed by atoms with van der Waals surface area (Å²) in [6, 6.07) is 7.93. The van der Waals surface area contributed by atoms with Crippen molar-refractivity contribution in [1.29, 1.82) is 0 Å². The second-order valence-electron chi connectivity index (χ2n) is 7.82. The molecule has 0 aromatic heterocycles. The monoisotopic (exact) mass is 450 g/mol. The number of aryl methyl sites for hydroxylation is 1. The third kappa shape index (κ3) is 4.15. The normalized spacial score (nSPS) is 29.7. The molecule has 4 rings (SSSR count). The van der Waals surface area contributed by atoms with Gasteiger partial charge in [-0.1, -0.05) is 6.07 Å². The van der Waals surface area contributed by atoms with Gasteiger partial charge in [0.05, 0.1) is 13.7 Å². The summed E-state index contributed by atoms with van der Waals surface area (Å²) in [5, 5.41) is 59.8. The Morgan fingerprint density at radius 1 is 1.03 bits per heavy atom. The highest BCUT2D eigenvalue weighted by Gasteiger charge is 2.45. The first kappa shape index (κ1) is 22.4. The molecule has 2 aliphatic rings. The van der Waals surface area contributed by atoms with E-state index in [0.29, 0.717) is 24.2 Å². The molecular formula is C22H26O10. The minimum Gasteiger partial charge on any atom is -0.508 e. The Bertz CT molecular complexity index is 962. The van der Waals surface area contributed by atoms with E-state index in [0.717, 1.165) is 5.56 Å². The van der Waals surface area contributed by atoms with Crippen molar-refractivity contribution in [2.24, 2.45) is 0 Å². The zero-order chi connectivity index (χ0) is 23.0. The average molecular weight is 450 g/mol. The summed E-state index contributed by atoms with van der Waals surface area (Å²) >= 11 is 0. The number of rotatable bonds is 5. The van der Waals surface area contributed by atoms with Gasteiger partial charge in [0.2, 0.25) is 12.0 Å². The molecular weight excluding hydrogens is 424 g/mol. The fourth-order valence-electron chi connectivity index (χ4n) is 3.97. The van der Waals surface area contributed by atoms with Crippen LogP contribution in [0.5, 0.6) is 28.7 Å². The van der Waals surface area contributed by atoms with Gasteiger partial charge in [0.15, 0.2) is 11.5 Å². The van der Waals surface area contributed by atoms with E-state index >= 15 is 0 Å². The highest BCUT2D eigenvalue weighted by Crippen LogP contribution is 2.44. The van der Waals surface area contributed by atoms with Crippen LogP contribution >= 0.6 is 0 Å². The Balaban J connectivity index is 1.62. The van der Waals surface area contributed by atoms with Gasteiger partial charge in [-0.2, -0.15) is 0 Å². The van der Waals surface area contributed by atoms with E-state index in [-0.39, 0.29) is 23.0 Å². The maximum Gasteiger partial charge on any atom is 0.229 e. The predicted octanol–water partition coefficient (Wildman–Crippen LogP) is 0.351. The van der Waals surface area contributed by atoms with Crippen molar-refractivity contribution in [1.82, 2.24) is 0 Å². The number of phenols is 2. The third-order valence-electron chi connectivity index (χ3n) is 5.72. The molecule has 1 saturated heterocycles. The van der Waals surface area contributed by atoms with Crippen molar-refractivity contribution in [3.63, 3.8) is 0 Å². The van der Waals surface area contributed by atoms with Crippen LogP contribution < -0.4 is 14.2 Å². The topological polar surface area (TPSA) is 158 Å². The number of aliphatic hydroxyl groups excluding tert-OH is 4. The van der Waals surface area contributed by atoms with Gasteiger partial charge in [0.25, 0.3) is 0 Å². The van der Waals surface area contributed by atoms with E-state index < -0.39 is 43.4 Å². The lowest BCUT2D eigenvalue weighted by Crippen LogP contribution is -2.60. The van der Waals surface area contributed by atoms with Crippen LogP contribution in [0.15, 0.2) is 30.3 Å². The summed E-state index contributed by atoms with van der Waals surface area (Å²) in [6.07, 6.45) is -6.52. The van der Waals surface area contributed by atoms with Gasteiger partial charge >= 0.3 is 0 Å². The second-order valence-corrected chi connectivity index (χ2v) is 7.82. The second kappa shape index (κ2) is 9.00. The Kier molecular flexibility index (Phi) is 6.31. The van der Waals surface area contributed by atoms with Crippen molar-refractivity contribution >= 4 is 0 Å². The fraction of sp³-hybridized carbons (Fsp3) is 0.455. The van der Waals surface area contributed by atoms with Crippen LogP contribution in [0.4, 0.5) is 0 Å². The number of hydrogen-bond acceptors (Lipinski definition) is 10. The van der Waals surface area contributed by atoms with E-state index in [1.165, 1.54) is 19.2 Å². The first-order valence-electron chi connectivity index (χ1n) is 10.2. The molecule has 10 nitrogen and oxygen atoms in total. The number of ether oxygens (including phenoxy) is 4. The van der Waals surface area contributed by atoms with Crippen LogP contribution in [0, 0.1) is 0 Å². The minimum atomic E-state index is -1.62. The largest absolute Gasteiger partial charge is 0.508 e. The van der Waals surface area contributed by atoms with Gasteiger partial charge in [0.1, 0.15) is 42.0 Å². The minimum absolute atomic E-state index is 0.0112. The molecule has 1 fully saturated rings. The highest BCUT2D eigenvalue weighted by molar-refractivity contribution is 5.54. The number of methoxy groups -OCH3 is 1. The van der Waals surface area contributed by atoms with Crippen LogP contribution in [0.1, 0.15) is 23.7 Å². The molecule has 0 amide bonds. The standard InChI is InChI=1S/C22H26O10/c1-29-21-13(25)6-11(14-5-3-10-2-4-12(24)8-15(10)30-14)7-16(21)31-22-20(28)19(27)18(26)17(9-23)32-22/h2,4,6-8,14,17-20,22-28H,3,5,9H2,1H3/t14-,17-,18-,19-,20-,22-/m0/s1. The number of hydrogen-bond donors (Lipinski definition) is 6. The molecule has 0 radical (unpaired) electrons. The zero-order valence-corrected chi connectivity index (χ0v) is 17.3. The zero-order valence-electron chi connectivity index (χ0n) is 17.3. The maximum atomic E-state index is 10.5. The molecule has 0 spiro atoms. The summed E-state index contributed by atoms with van der Waals surface area (Å²) < 4.78 is 22.3. The first-order chi connectivity index (χ1) is 15.3. The molecule has 174 valence electrons. The lowest BCUT2D eigenvalue weighted by molar-refractivity contribution is -0.277. The van der Waals surface area contributed by atoms with Crippen molar-refractivity contribution < 1.29 is 49.6 Å². The molecule has 2 aromatic carbocycles. The van der Waals surface area contributed by atoms with E-state index in [1.807, 2.05) is 0 Å². The Morgan fingerprint density at radius 2 is 1.81 bits per heavy atom. The summed E-state index contributed by atoms with van der Waals surface area (Å²) in [4.78, 5) is 0. The van der Waals surface area contributed by atoms with Crippen LogP contribution in [0.2, 0.25) is 0 Å². The molecule has 10 heteroatoms. The van der Waals surface area contributed by atoms with Crippen molar-refractivity contribution in [2.45, 2.75) is 49.7 Å². The Hall–Kier alpha value is -2.76. The molecule has 2 aliphatic heterocycles. The van der Waals surface area contributed by atoms with Crippen LogP contribution in [-0.4, -0.2) is 75.1 Å². The Morgan fingerprint density at radius 3 is 2.53 bits per heavy atom. The van der Waals surface area contributed by atoms with Gasteiger partial charge < -0.3 is 49.6 Å². The van der Waals surface area contributed by atoms with Gasteiger partial charge in [-0.25, -0.2) is 0 Å². The summed E-state index contributed by atoms with van der Waals surface area (Å²) in [5.41, 5.74) is 1.51. The van der Waals surface area contributed by atoms with Crippen molar-refractivity contribution in [3.8, 4) is 28.7 Å². The molecule has 32 heavy (non-hydrogen) atoms. The third-order valence-corrected chi connectivity index (χ3v) is 5.72. The number of aromatic hydroxyl groups is 2. The quantitative estimate of drug-likeness (QED) is 0.375. The number of aliphatic hydroxyl groups is 4. The number of benzene rings is 2. The van der Waals surface area contributed by atoms with Crippen LogP contribution in [0.3, 0.4) is 0 Å². The van der Waals surface area contributed by atoms with Crippen molar-refractivity contribution in [2.75, 3.05) is 13.7 Å². The molecule has 0 aliphatic carbocycles. The lowest BCUT2D eigenvalue weighted by Gasteiger charge is -2.39. The Labute approximate surface area is 183 Å². The molecule has 0 unspecified atom stereocenters. The summed E-state index contributed by atoms with van der Waals surface area (Å²) in [6.45, 7) is -0.602. The van der Waals surface area contributed by atoms with E-state index in [1.54, 1.807) is 18.2 Å². The first-order valence-corrected chi connectivity index (χ1v) is 10.2. The van der Waals surface area contributed by atoms with Crippen LogP contribution in [-0.2, 0) is 11.2 Å². The smallest absolute Gasteiger partial charge is 0.229 e. The molecule has 0 saturated carbocycles. The summed E-state index contributed by atoms with van der Waals surface area (Å²) in [5.74, 6) is 0.355. The molecule has 2 aromatic rings. The number of fused-ring (bicyclic) bond motifs is 1. The lowest BCUT2D eigenvalue weighted by atomic mass is 9.96. The van der Waals surface area contributed by atoms with E-state index in [2.05, 4.69) is 0 Å². The van der Waals surface area contributed by atoms with Gasteiger partial charge in [0, 0.05) is 6.07 Å². The molecule has 2 heterocycles. The fourth-order valence-corrected chi connectivity index (χ4v) is 3.97.